The smallest absolute Gasteiger partial charge is 0.0180 e. The summed E-state index contributed by atoms with van der Waals surface area (Å²) in [5.74, 6) is 0.589. The van der Waals surface area contributed by atoms with Gasteiger partial charge >= 0.3 is 0 Å². The van der Waals surface area contributed by atoms with E-state index in [0.29, 0.717) is 5.92 Å². The van der Waals surface area contributed by atoms with Gasteiger partial charge in [-0.15, -0.1) is 0 Å². The van der Waals surface area contributed by atoms with Gasteiger partial charge in [0.25, 0.3) is 0 Å². The number of rotatable bonds is 1. The van der Waals surface area contributed by atoms with E-state index < -0.39 is 0 Å². The molecule has 0 saturated carbocycles. The Balaban J connectivity index is 2.51. The molecule has 0 spiro atoms. The first-order valence-electron chi connectivity index (χ1n) is 4.71. The molecule has 1 atom stereocenters. The predicted octanol–water partition coefficient (Wildman–Crippen LogP) is 2.75. The Hall–Kier alpha value is -0.340. The second-order valence-electron chi connectivity index (χ2n) is 3.76. The van der Waals surface area contributed by atoms with Crippen molar-refractivity contribution in [2.45, 2.75) is 25.7 Å². The van der Waals surface area contributed by atoms with Gasteiger partial charge in [0.2, 0.25) is 0 Å². The molecule has 1 nitrogen and oxygen atoms in total. The van der Waals surface area contributed by atoms with Gasteiger partial charge in [0.1, 0.15) is 0 Å². The lowest BCUT2D eigenvalue weighted by Gasteiger charge is -2.09. The van der Waals surface area contributed by atoms with Crippen LogP contribution in [0.15, 0.2) is 16.6 Å². The Morgan fingerprint density at radius 2 is 2.31 bits per heavy atom. The lowest BCUT2D eigenvalue weighted by molar-refractivity contribution is 0.688. The number of benzene rings is 1. The standard InChI is InChI=1S/C11H14BrN/c1-7-4-9(12)5-11-8(6-13)2-3-10(7)11/h4-5,8H,2-3,6,13H2,1H3. The molecule has 1 aromatic rings. The number of hydrogen-bond acceptors (Lipinski definition) is 1. The molecule has 70 valence electrons. The normalized spacial score (nSPS) is 20.4. The maximum atomic E-state index is 5.73. The number of aryl methyl sites for hydroxylation is 1. The third-order valence-electron chi connectivity index (χ3n) is 2.94. The molecule has 0 aliphatic heterocycles. The minimum absolute atomic E-state index is 0.589. The molecular formula is C11H14BrN. The molecule has 1 aromatic carbocycles. The molecule has 1 aliphatic rings. The van der Waals surface area contributed by atoms with E-state index in [1.54, 1.807) is 0 Å². The number of fused-ring (bicyclic) bond motifs is 1. The Bertz CT molecular complexity index is 333. The van der Waals surface area contributed by atoms with Crippen LogP contribution in [0.3, 0.4) is 0 Å². The zero-order chi connectivity index (χ0) is 9.42. The molecule has 0 amide bonds. The van der Waals surface area contributed by atoms with Gasteiger partial charge in [0.05, 0.1) is 0 Å². The van der Waals surface area contributed by atoms with E-state index in [1.165, 1.54) is 34.0 Å². The van der Waals surface area contributed by atoms with Crippen molar-refractivity contribution < 1.29 is 0 Å². The molecule has 2 N–H and O–H groups in total. The lowest BCUT2D eigenvalue weighted by Crippen LogP contribution is -2.09. The van der Waals surface area contributed by atoms with Crippen molar-refractivity contribution in [3.05, 3.63) is 33.3 Å². The fourth-order valence-electron chi connectivity index (χ4n) is 2.22. The lowest BCUT2D eigenvalue weighted by atomic mass is 9.99. The molecule has 0 bridgehead atoms. The molecule has 0 radical (unpaired) electrons. The first kappa shape index (κ1) is 9.22. The van der Waals surface area contributed by atoms with Gasteiger partial charge in [-0.05, 0) is 61.1 Å². The molecule has 13 heavy (non-hydrogen) atoms. The van der Waals surface area contributed by atoms with Crippen LogP contribution in [0.25, 0.3) is 0 Å². The van der Waals surface area contributed by atoms with Gasteiger partial charge in [0.15, 0.2) is 0 Å². The Morgan fingerprint density at radius 1 is 1.54 bits per heavy atom. The van der Waals surface area contributed by atoms with Crippen molar-refractivity contribution in [1.82, 2.24) is 0 Å². The summed E-state index contributed by atoms with van der Waals surface area (Å²) in [5, 5.41) is 0. The number of hydrogen-bond donors (Lipinski definition) is 1. The summed E-state index contributed by atoms with van der Waals surface area (Å²) < 4.78 is 1.18. The fourth-order valence-corrected chi connectivity index (χ4v) is 2.81. The van der Waals surface area contributed by atoms with Crippen LogP contribution in [0.2, 0.25) is 0 Å². The third-order valence-corrected chi connectivity index (χ3v) is 3.40. The third kappa shape index (κ3) is 1.53. The van der Waals surface area contributed by atoms with Crippen molar-refractivity contribution >= 4 is 15.9 Å². The van der Waals surface area contributed by atoms with Crippen molar-refractivity contribution in [1.29, 1.82) is 0 Å². The summed E-state index contributed by atoms with van der Waals surface area (Å²) in [7, 11) is 0. The van der Waals surface area contributed by atoms with Crippen LogP contribution in [0.1, 0.15) is 29.0 Å². The molecule has 0 heterocycles. The van der Waals surface area contributed by atoms with E-state index in [0.717, 1.165) is 6.54 Å². The second-order valence-corrected chi connectivity index (χ2v) is 4.68. The molecule has 0 aromatic heterocycles. The summed E-state index contributed by atoms with van der Waals surface area (Å²) in [6.07, 6.45) is 2.43. The zero-order valence-corrected chi connectivity index (χ0v) is 9.39. The van der Waals surface area contributed by atoms with E-state index in [2.05, 4.69) is 35.0 Å². The zero-order valence-electron chi connectivity index (χ0n) is 7.81. The molecule has 1 aliphatic carbocycles. The molecule has 2 rings (SSSR count). The fraction of sp³-hybridized carbons (Fsp3) is 0.455. The van der Waals surface area contributed by atoms with E-state index >= 15 is 0 Å². The summed E-state index contributed by atoms with van der Waals surface area (Å²) in [5.41, 5.74) is 10.1. The highest BCUT2D eigenvalue weighted by Crippen LogP contribution is 2.36. The van der Waals surface area contributed by atoms with Gasteiger partial charge in [-0.25, -0.2) is 0 Å². The van der Waals surface area contributed by atoms with E-state index in [9.17, 15) is 0 Å². The van der Waals surface area contributed by atoms with Gasteiger partial charge in [-0.3, -0.25) is 0 Å². The minimum Gasteiger partial charge on any atom is -0.330 e. The van der Waals surface area contributed by atoms with Gasteiger partial charge in [-0.2, -0.15) is 0 Å². The Kier molecular flexibility index (Phi) is 2.43. The van der Waals surface area contributed by atoms with Crippen molar-refractivity contribution in [3.8, 4) is 0 Å². The average molecular weight is 240 g/mol. The van der Waals surface area contributed by atoms with Crippen molar-refractivity contribution in [2.24, 2.45) is 5.73 Å². The molecule has 0 fully saturated rings. The Morgan fingerprint density at radius 3 is 3.00 bits per heavy atom. The monoisotopic (exact) mass is 239 g/mol. The highest BCUT2D eigenvalue weighted by molar-refractivity contribution is 9.10. The molecule has 1 unspecified atom stereocenters. The maximum absolute atomic E-state index is 5.73. The van der Waals surface area contributed by atoms with Crippen LogP contribution in [0.4, 0.5) is 0 Å². The topological polar surface area (TPSA) is 26.0 Å². The van der Waals surface area contributed by atoms with Gasteiger partial charge < -0.3 is 5.73 Å². The molecular weight excluding hydrogens is 226 g/mol. The molecule has 2 heteroatoms. The first-order valence-corrected chi connectivity index (χ1v) is 5.50. The van der Waals surface area contributed by atoms with Crippen LogP contribution < -0.4 is 5.73 Å². The van der Waals surface area contributed by atoms with Crippen LogP contribution >= 0.6 is 15.9 Å². The Labute approximate surface area is 87.5 Å². The van der Waals surface area contributed by atoms with E-state index in [4.69, 9.17) is 5.73 Å². The van der Waals surface area contributed by atoms with Gasteiger partial charge in [0, 0.05) is 4.47 Å². The van der Waals surface area contributed by atoms with Crippen LogP contribution in [0, 0.1) is 6.92 Å². The summed E-state index contributed by atoms with van der Waals surface area (Å²) in [6, 6.07) is 4.42. The highest BCUT2D eigenvalue weighted by atomic mass is 79.9. The molecule has 0 saturated heterocycles. The predicted molar refractivity (Wildman–Crippen MR) is 59.0 cm³/mol. The van der Waals surface area contributed by atoms with Crippen molar-refractivity contribution in [2.75, 3.05) is 6.54 Å². The van der Waals surface area contributed by atoms with Crippen LogP contribution in [-0.4, -0.2) is 6.54 Å². The quantitative estimate of drug-likeness (QED) is 0.802. The number of halogens is 1. The van der Waals surface area contributed by atoms with E-state index in [1.807, 2.05) is 0 Å². The van der Waals surface area contributed by atoms with Crippen LogP contribution in [0.5, 0.6) is 0 Å². The van der Waals surface area contributed by atoms with E-state index in [-0.39, 0.29) is 0 Å². The maximum Gasteiger partial charge on any atom is 0.0180 e. The van der Waals surface area contributed by atoms with Gasteiger partial charge in [-0.1, -0.05) is 15.9 Å². The number of nitrogens with two attached hydrogens (primary N) is 1. The summed E-state index contributed by atoms with van der Waals surface area (Å²) in [6.45, 7) is 2.96. The largest absolute Gasteiger partial charge is 0.330 e. The SMILES string of the molecule is Cc1cc(Br)cc2c1CCC2CN. The summed E-state index contributed by atoms with van der Waals surface area (Å²) >= 11 is 3.53. The van der Waals surface area contributed by atoms with Crippen LogP contribution in [-0.2, 0) is 6.42 Å². The summed E-state index contributed by atoms with van der Waals surface area (Å²) in [4.78, 5) is 0. The average Bonchev–Trinajstić information content (AvgIpc) is 2.47. The second kappa shape index (κ2) is 3.43. The van der Waals surface area contributed by atoms with Crippen molar-refractivity contribution in [3.63, 3.8) is 0 Å². The first-order chi connectivity index (χ1) is 6.22. The highest BCUT2D eigenvalue weighted by Gasteiger charge is 2.22. The minimum atomic E-state index is 0.589.